The van der Waals surface area contributed by atoms with E-state index in [0.717, 1.165) is 38.4 Å². The van der Waals surface area contributed by atoms with Crippen LogP contribution in [-0.4, -0.2) is 78.2 Å². The molecule has 0 saturated carbocycles. The molecule has 8 nitrogen and oxygen atoms in total. The first-order valence-corrected chi connectivity index (χ1v) is 8.78. The van der Waals surface area contributed by atoms with E-state index in [4.69, 9.17) is 18.9 Å². The van der Waals surface area contributed by atoms with Crippen LogP contribution in [-0.2, 0) is 11.2 Å². The summed E-state index contributed by atoms with van der Waals surface area (Å²) in [6.45, 7) is 5.31. The Labute approximate surface area is 154 Å². The molecule has 1 aromatic carbocycles. The summed E-state index contributed by atoms with van der Waals surface area (Å²) in [7, 11) is 4.78. The van der Waals surface area contributed by atoms with Crippen LogP contribution < -0.4 is 24.8 Å². The van der Waals surface area contributed by atoms with E-state index in [0.29, 0.717) is 36.8 Å². The lowest BCUT2D eigenvalue weighted by Crippen LogP contribution is -2.44. The second-order valence-electron chi connectivity index (χ2n) is 5.91. The molecule has 1 aliphatic rings. The minimum Gasteiger partial charge on any atom is -0.496 e. The van der Waals surface area contributed by atoms with Crippen molar-refractivity contribution in [2.45, 2.75) is 6.42 Å². The van der Waals surface area contributed by atoms with Crippen molar-refractivity contribution in [3.63, 3.8) is 0 Å². The van der Waals surface area contributed by atoms with E-state index in [2.05, 4.69) is 15.5 Å². The van der Waals surface area contributed by atoms with Crippen molar-refractivity contribution < 1.29 is 23.7 Å². The molecule has 146 valence electrons. The highest BCUT2D eigenvalue weighted by Gasteiger charge is 2.13. The van der Waals surface area contributed by atoms with Gasteiger partial charge in [0.05, 0.1) is 34.5 Å². The van der Waals surface area contributed by atoms with Crippen LogP contribution in [0.15, 0.2) is 12.1 Å². The van der Waals surface area contributed by atoms with Crippen LogP contribution in [0, 0.1) is 0 Å². The molecule has 2 amide bonds. The second-order valence-corrected chi connectivity index (χ2v) is 5.91. The molecule has 0 aliphatic carbocycles. The number of nitrogens with zero attached hydrogens (tertiary/aromatic N) is 1. The summed E-state index contributed by atoms with van der Waals surface area (Å²) in [6, 6.07) is 3.49. The number of carbonyl (C=O) groups excluding carboxylic acids is 1. The smallest absolute Gasteiger partial charge is 0.314 e. The van der Waals surface area contributed by atoms with E-state index < -0.39 is 0 Å². The second kappa shape index (κ2) is 10.7. The molecule has 1 aliphatic heterocycles. The molecule has 1 heterocycles. The molecular formula is C18H29N3O5. The summed E-state index contributed by atoms with van der Waals surface area (Å²) in [4.78, 5) is 14.2. The van der Waals surface area contributed by atoms with Gasteiger partial charge in [0.15, 0.2) is 11.5 Å². The summed E-state index contributed by atoms with van der Waals surface area (Å²) in [6.07, 6.45) is 0.625. The molecule has 2 N–H and O–H groups in total. The molecule has 0 aromatic heterocycles. The van der Waals surface area contributed by atoms with Crippen molar-refractivity contribution in [2.75, 3.05) is 67.3 Å². The van der Waals surface area contributed by atoms with Gasteiger partial charge in [-0.25, -0.2) is 4.79 Å². The molecule has 0 atom stereocenters. The summed E-state index contributed by atoms with van der Waals surface area (Å²) >= 11 is 0. The average Bonchev–Trinajstić information content (AvgIpc) is 2.68. The first-order valence-electron chi connectivity index (χ1n) is 8.78. The number of rotatable bonds is 9. The Morgan fingerprint density at radius 1 is 1.00 bits per heavy atom. The maximum atomic E-state index is 11.9. The van der Waals surface area contributed by atoms with Gasteiger partial charge in [-0.15, -0.1) is 0 Å². The summed E-state index contributed by atoms with van der Waals surface area (Å²) in [5.74, 6) is 1.96. The van der Waals surface area contributed by atoms with Crippen LogP contribution in [0.4, 0.5) is 4.79 Å². The Hall–Kier alpha value is -2.19. The predicted octanol–water partition coefficient (Wildman–Crippen LogP) is 0.886. The lowest BCUT2D eigenvalue weighted by molar-refractivity contribution is 0.0387. The van der Waals surface area contributed by atoms with Crippen molar-refractivity contribution >= 4 is 6.03 Å². The number of morpholine rings is 1. The summed E-state index contributed by atoms with van der Waals surface area (Å²) in [5.41, 5.74) is 0.943. The van der Waals surface area contributed by atoms with E-state index in [1.54, 1.807) is 27.4 Å². The van der Waals surface area contributed by atoms with Crippen LogP contribution in [0.25, 0.3) is 0 Å². The van der Waals surface area contributed by atoms with Crippen molar-refractivity contribution in [1.29, 1.82) is 0 Å². The lowest BCUT2D eigenvalue weighted by atomic mass is 10.1. The highest BCUT2D eigenvalue weighted by atomic mass is 16.5. The first kappa shape index (κ1) is 20.1. The molecule has 0 spiro atoms. The van der Waals surface area contributed by atoms with Gasteiger partial charge >= 0.3 is 6.03 Å². The van der Waals surface area contributed by atoms with Gasteiger partial charge in [0.25, 0.3) is 0 Å². The van der Waals surface area contributed by atoms with Crippen LogP contribution in [0.3, 0.4) is 0 Å². The number of methoxy groups -OCH3 is 3. The molecule has 1 saturated heterocycles. The van der Waals surface area contributed by atoms with Crippen molar-refractivity contribution in [3.8, 4) is 17.2 Å². The lowest BCUT2D eigenvalue weighted by Gasteiger charge is -2.26. The molecular weight excluding hydrogens is 338 g/mol. The molecule has 26 heavy (non-hydrogen) atoms. The number of amides is 2. The van der Waals surface area contributed by atoms with Crippen LogP contribution in [0.2, 0.25) is 0 Å². The van der Waals surface area contributed by atoms with Crippen LogP contribution in [0.1, 0.15) is 5.56 Å². The Morgan fingerprint density at radius 2 is 1.62 bits per heavy atom. The zero-order valence-corrected chi connectivity index (χ0v) is 15.8. The maximum absolute atomic E-state index is 11.9. The quantitative estimate of drug-likeness (QED) is 0.675. The minimum absolute atomic E-state index is 0.169. The largest absolute Gasteiger partial charge is 0.496 e. The Bertz CT molecular complexity index is 576. The van der Waals surface area contributed by atoms with Gasteiger partial charge < -0.3 is 29.6 Å². The third-order valence-corrected chi connectivity index (χ3v) is 4.28. The van der Waals surface area contributed by atoms with E-state index in [1.807, 2.05) is 6.07 Å². The fraction of sp³-hybridized carbons (Fsp3) is 0.611. The van der Waals surface area contributed by atoms with Gasteiger partial charge in [-0.2, -0.15) is 0 Å². The molecule has 1 fully saturated rings. The highest BCUT2D eigenvalue weighted by Crippen LogP contribution is 2.34. The SMILES string of the molecule is COc1cc(OC)c(OC)cc1CCNC(=O)NCCN1CCOCC1. The van der Waals surface area contributed by atoms with E-state index >= 15 is 0 Å². The Balaban J connectivity index is 1.74. The van der Waals surface area contributed by atoms with Crippen LogP contribution >= 0.6 is 0 Å². The molecule has 0 radical (unpaired) electrons. The fourth-order valence-electron chi connectivity index (χ4n) is 2.81. The number of urea groups is 1. The number of hydrogen-bond acceptors (Lipinski definition) is 6. The van der Waals surface area contributed by atoms with Crippen molar-refractivity contribution in [2.24, 2.45) is 0 Å². The average molecular weight is 367 g/mol. The van der Waals surface area contributed by atoms with Gasteiger partial charge in [-0.3, -0.25) is 4.90 Å². The molecule has 1 aromatic rings. The molecule has 0 bridgehead atoms. The Kier molecular flexibility index (Phi) is 8.30. The van der Waals surface area contributed by atoms with Crippen LogP contribution in [0.5, 0.6) is 17.2 Å². The standard InChI is InChI=1S/C18H29N3O5/c1-23-15-13-17(25-3)16(24-2)12-14(15)4-5-19-18(22)20-6-7-21-8-10-26-11-9-21/h12-13H,4-11H2,1-3H3,(H2,19,20,22). The number of ether oxygens (including phenoxy) is 4. The van der Waals surface area contributed by atoms with Gasteiger partial charge in [0.1, 0.15) is 5.75 Å². The number of hydrogen-bond donors (Lipinski definition) is 2. The van der Waals surface area contributed by atoms with E-state index in [-0.39, 0.29) is 6.03 Å². The zero-order valence-electron chi connectivity index (χ0n) is 15.8. The fourth-order valence-corrected chi connectivity index (χ4v) is 2.81. The van der Waals surface area contributed by atoms with Gasteiger partial charge in [-0.05, 0) is 18.1 Å². The molecule has 8 heteroatoms. The Morgan fingerprint density at radius 3 is 2.27 bits per heavy atom. The van der Waals surface area contributed by atoms with Crippen molar-refractivity contribution in [3.05, 3.63) is 17.7 Å². The monoisotopic (exact) mass is 367 g/mol. The normalized spacial score (nSPS) is 14.6. The number of nitrogens with one attached hydrogen (secondary N) is 2. The maximum Gasteiger partial charge on any atom is 0.314 e. The summed E-state index contributed by atoms with van der Waals surface area (Å²) < 4.78 is 21.3. The first-order chi connectivity index (χ1) is 12.7. The third-order valence-electron chi connectivity index (χ3n) is 4.28. The van der Waals surface area contributed by atoms with Gasteiger partial charge in [-0.1, -0.05) is 0 Å². The number of benzene rings is 1. The molecule has 0 unspecified atom stereocenters. The number of carbonyl (C=O) groups is 1. The van der Waals surface area contributed by atoms with Crippen molar-refractivity contribution in [1.82, 2.24) is 15.5 Å². The highest BCUT2D eigenvalue weighted by molar-refractivity contribution is 5.73. The summed E-state index contributed by atoms with van der Waals surface area (Å²) in [5, 5.41) is 5.74. The van der Waals surface area contributed by atoms with E-state index in [9.17, 15) is 4.79 Å². The minimum atomic E-state index is -0.169. The molecule has 2 rings (SSSR count). The van der Waals surface area contributed by atoms with Gasteiger partial charge in [0.2, 0.25) is 0 Å². The van der Waals surface area contributed by atoms with Gasteiger partial charge in [0, 0.05) is 38.8 Å². The van der Waals surface area contributed by atoms with E-state index in [1.165, 1.54) is 0 Å². The third kappa shape index (κ3) is 5.96. The zero-order chi connectivity index (χ0) is 18.8. The predicted molar refractivity (Wildman–Crippen MR) is 98.5 cm³/mol. The topological polar surface area (TPSA) is 81.3 Å².